The molecule has 0 saturated carbocycles. The summed E-state index contributed by atoms with van der Waals surface area (Å²) < 4.78 is 0. The van der Waals surface area contributed by atoms with Crippen LogP contribution in [0.15, 0.2) is 12.8 Å². The topological polar surface area (TPSA) is 24.1 Å². The molecule has 1 atom stereocenters. The van der Waals surface area contributed by atoms with Gasteiger partial charge in [-0.1, -0.05) is 6.58 Å². The minimum atomic E-state index is 0.632. The van der Waals surface area contributed by atoms with Gasteiger partial charge in [0, 0.05) is 12.6 Å². The van der Waals surface area contributed by atoms with Crippen molar-refractivity contribution in [1.82, 2.24) is 10.6 Å². The van der Waals surface area contributed by atoms with E-state index in [-0.39, 0.29) is 0 Å². The van der Waals surface area contributed by atoms with Gasteiger partial charge in [0.25, 0.3) is 0 Å². The van der Waals surface area contributed by atoms with Gasteiger partial charge in [0.1, 0.15) is 0 Å². The highest BCUT2D eigenvalue weighted by atomic mass is 15.0. The second kappa shape index (κ2) is 2.72. The Labute approximate surface area is 50.0 Å². The lowest BCUT2D eigenvalue weighted by molar-refractivity contribution is 0.640. The van der Waals surface area contributed by atoms with Gasteiger partial charge >= 0.3 is 0 Å². The van der Waals surface area contributed by atoms with Crippen LogP contribution in [0, 0.1) is 0 Å². The van der Waals surface area contributed by atoms with E-state index >= 15 is 0 Å². The minimum absolute atomic E-state index is 0.632. The standard InChI is InChI=1S/C6H12N2/c1-2-8-6-3-4-7-5-6/h2,6-8H,1,3-5H2. The normalized spacial score (nSPS) is 27.8. The first kappa shape index (κ1) is 5.63. The molecule has 0 aromatic carbocycles. The molecule has 1 aliphatic rings. The Hall–Kier alpha value is -0.500. The molecule has 0 bridgehead atoms. The Bertz CT molecular complexity index is 74.6. The minimum Gasteiger partial charge on any atom is -0.387 e. The SMILES string of the molecule is C=CNC1CCNC1. The van der Waals surface area contributed by atoms with Gasteiger partial charge in [-0.05, 0) is 19.2 Å². The van der Waals surface area contributed by atoms with E-state index in [2.05, 4.69) is 17.2 Å². The largest absolute Gasteiger partial charge is 0.387 e. The van der Waals surface area contributed by atoms with E-state index in [9.17, 15) is 0 Å². The lowest BCUT2D eigenvalue weighted by Gasteiger charge is -2.05. The zero-order valence-corrected chi connectivity index (χ0v) is 4.98. The Morgan fingerprint density at radius 3 is 3.12 bits per heavy atom. The fourth-order valence-electron chi connectivity index (χ4n) is 0.964. The van der Waals surface area contributed by atoms with E-state index in [4.69, 9.17) is 0 Å². The molecule has 2 heteroatoms. The van der Waals surface area contributed by atoms with E-state index in [1.807, 2.05) is 0 Å². The lowest BCUT2D eigenvalue weighted by atomic mass is 10.3. The van der Waals surface area contributed by atoms with Crippen molar-refractivity contribution in [3.63, 3.8) is 0 Å². The van der Waals surface area contributed by atoms with Crippen molar-refractivity contribution in [2.45, 2.75) is 12.5 Å². The maximum absolute atomic E-state index is 3.59. The average Bonchev–Trinajstić information content (AvgIpc) is 2.19. The summed E-state index contributed by atoms with van der Waals surface area (Å²) in [5, 5.41) is 6.39. The molecule has 0 amide bonds. The Balaban J connectivity index is 2.14. The molecular weight excluding hydrogens is 100 g/mol. The van der Waals surface area contributed by atoms with Crippen LogP contribution in [0.3, 0.4) is 0 Å². The monoisotopic (exact) mass is 112 g/mol. The van der Waals surface area contributed by atoms with Gasteiger partial charge < -0.3 is 10.6 Å². The van der Waals surface area contributed by atoms with Gasteiger partial charge in [-0.15, -0.1) is 0 Å². The van der Waals surface area contributed by atoms with Crippen molar-refractivity contribution in [2.75, 3.05) is 13.1 Å². The highest BCUT2D eigenvalue weighted by Gasteiger charge is 2.10. The molecule has 1 saturated heterocycles. The van der Waals surface area contributed by atoms with Crippen LogP contribution < -0.4 is 10.6 Å². The van der Waals surface area contributed by atoms with Crippen molar-refractivity contribution in [3.05, 3.63) is 12.8 Å². The molecule has 0 aliphatic carbocycles. The van der Waals surface area contributed by atoms with Crippen LogP contribution in [0.5, 0.6) is 0 Å². The molecule has 1 fully saturated rings. The van der Waals surface area contributed by atoms with Gasteiger partial charge in [-0.3, -0.25) is 0 Å². The van der Waals surface area contributed by atoms with Gasteiger partial charge in [0.15, 0.2) is 0 Å². The van der Waals surface area contributed by atoms with Crippen molar-refractivity contribution in [3.8, 4) is 0 Å². The summed E-state index contributed by atoms with van der Waals surface area (Å²) >= 11 is 0. The predicted molar refractivity (Wildman–Crippen MR) is 34.6 cm³/mol. The van der Waals surface area contributed by atoms with Gasteiger partial charge in [-0.2, -0.15) is 0 Å². The second-order valence-corrected chi connectivity index (χ2v) is 2.06. The second-order valence-electron chi connectivity index (χ2n) is 2.06. The summed E-state index contributed by atoms with van der Waals surface area (Å²) in [6, 6.07) is 0.632. The maximum atomic E-state index is 3.59. The van der Waals surface area contributed by atoms with Crippen LogP contribution in [-0.2, 0) is 0 Å². The van der Waals surface area contributed by atoms with Crippen LogP contribution in [0.1, 0.15) is 6.42 Å². The average molecular weight is 112 g/mol. The molecule has 1 rings (SSSR count). The first-order chi connectivity index (χ1) is 3.93. The predicted octanol–water partition coefficient (Wildman–Crippen LogP) is 0.0814. The third kappa shape index (κ3) is 1.23. The summed E-state index contributed by atoms with van der Waals surface area (Å²) in [5.74, 6) is 0. The fourth-order valence-corrected chi connectivity index (χ4v) is 0.964. The highest BCUT2D eigenvalue weighted by Crippen LogP contribution is 1.95. The molecule has 46 valence electrons. The third-order valence-corrected chi connectivity index (χ3v) is 1.41. The molecule has 1 unspecified atom stereocenters. The molecular formula is C6H12N2. The first-order valence-electron chi connectivity index (χ1n) is 3.01. The molecule has 0 aromatic heterocycles. The summed E-state index contributed by atoms with van der Waals surface area (Å²) in [5.41, 5.74) is 0. The molecule has 1 heterocycles. The number of hydrogen-bond acceptors (Lipinski definition) is 2. The maximum Gasteiger partial charge on any atom is 0.0392 e. The molecule has 0 radical (unpaired) electrons. The zero-order valence-electron chi connectivity index (χ0n) is 4.98. The van der Waals surface area contributed by atoms with Crippen molar-refractivity contribution < 1.29 is 0 Å². The smallest absolute Gasteiger partial charge is 0.0392 e. The van der Waals surface area contributed by atoms with Crippen LogP contribution in [0.4, 0.5) is 0 Å². The molecule has 1 aliphatic heterocycles. The summed E-state index contributed by atoms with van der Waals surface area (Å²) in [4.78, 5) is 0. The van der Waals surface area contributed by atoms with Gasteiger partial charge in [-0.25, -0.2) is 0 Å². The lowest BCUT2D eigenvalue weighted by Crippen LogP contribution is -2.25. The van der Waals surface area contributed by atoms with Crippen molar-refractivity contribution in [1.29, 1.82) is 0 Å². The molecule has 0 aromatic rings. The van der Waals surface area contributed by atoms with Gasteiger partial charge in [0.05, 0.1) is 0 Å². The van der Waals surface area contributed by atoms with E-state index < -0.39 is 0 Å². The van der Waals surface area contributed by atoms with E-state index in [1.54, 1.807) is 6.20 Å². The van der Waals surface area contributed by atoms with Crippen LogP contribution in [-0.4, -0.2) is 19.1 Å². The molecule has 2 N–H and O–H groups in total. The quantitative estimate of drug-likeness (QED) is 0.528. The molecule has 2 nitrogen and oxygen atoms in total. The van der Waals surface area contributed by atoms with Crippen LogP contribution in [0.25, 0.3) is 0 Å². The van der Waals surface area contributed by atoms with E-state index in [0.717, 1.165) is 13.1 Å². The number of hydrogen-bond donors (Lipinski definition) is 2. The van der Waals surface area contributed by atoms with E-state index in [1.165, 1.54) is 6.42 Å². The highest BCUT2D eigenvalue weighted by molar-refractivity contribution is 4.81. The number of rotatable bonds is 2. The first-order valence-corrected chi connectivity index (χ1v) is 3.01. The van der Waals surface area contributed by atoms with Crippen LogP contribution in [0.2, 0.25) is 0 Å². The van der Waals surface area contributed by atoms with E-state index in [0.29, 0.717) is 6.04 Å². The molecule has 0 spiro atoms. The molecule has 8 heavy (non-hydrogen) atoms. The Morgan fingerprint density at radius 1 is 1.75 bits per heavy atom. The van der Waals surface area contributed by atoms with Gasteiger partial charge in [0.2, 0.25) is 0 Å². The third-order valence-electron chi connectivity index (χ3n) is 1.41. The summed E-state index contributed by atoms with van der Waals surface area (Å²) in [6.07, 6.45) is 2.99. The summed E-state index contributed by atoms with van der Waals surface area (Å²) in [7, 11) is 0. The van der Waals surface area contributed by atoms with Crippen LogP contribution >= 0.6 is 0 Å². The zero-order chi connectivity index (χ0) is 5.82. The van der Waals surface area contributed by atoms with Crippen molar-refractivity contribution in [2.24, 2.45) is 0 Å². The Kier molecular flexibility index (Phi) is 1.92. The fraction of sp³-hybridized carbons (Fsp3) is 0.667. The summed E-state index contributed by atoms with van der Waals surface area (Å²) in [6.45, 7) is 5.82. The van der Waals surface area contributed by atoms with Crippen molar-refractivity contribution >= 4 is 0 Å². The Morgan fingerprint density at radius 2 is 2.62 bits per heavy atom. The number of nitrogens with one attached hydrogen (secondary N) is 2.